The number of esters is 1. The van der Waals surface area contributed by atoms with E-state index >= 15 is 0 Å². The molecule has 5 nitrogen and oxygen atoms in total. The van der Waals surface area contributed by atoms with Crippen LogP contribution in [0.1, 0.15) is 51.8 Å². The minimum absolute atomic E-state index is 0.0961. The van der Waals surface area contributed by atoms with Crippen LogP contribution in [0.2, 0.25) is 0 Å². The molecule has 0 bridgehead atoms. The van der Waals surface area contributed by atoms with Crippen LogP contribution in [0.15, 0.2) is 24.3 Å². The van der Waals surface area contributed by atoms with E-state index < -0.39 is 17.4 Å². The zero-order valence-corrected chi connectivity index (χ0v) is 15.8. The van der Waals surface area contributed by atoms with Gasteiger partial charge in [-0.2, -0.15) is 0 Å². The first-order chi connectivity index (χ1) is 11.1. The predicted molar refractivity (Wildman–Crippen MR) is 93.3 cm³/mol. The molecule has 1 aromatic carbocycles. The molecule has 0 spiro atoms. The van der Waals surface area contributed by atoms with Gasteiger partial charge in [-0.1, -0.05) is 45.0 Å². The summed E-state index contributed by atoms with van der Waals surface area (Å²) in [6, 6.07) is 7.13. The number of hydrogen-bond acceptors (Lipinski definition) is 4. The topological polar surface area (TPSA) is 55.8 Å². The van der Waals surface area contributed by atoms with Crippen LogP contribution in [0.5, 0.6) is 0 Å². The summed E-state index contributed by atoms with van der Waals surface area (Å²) in [5.74, 6) is -0.523. The van der Waals surface area contributed by atoms with Crippen LogP contribution in [0.3, 0.4) is 0 Å². The Morgan fingerprint density at radius 3 is 2.21 bits per heavy atom. The summed E-state index contributed by atoms with van der Waals surface area (Å²) in [5, 5.41) is 0. The molecular formula is C19H29NO4. The van der Waals surface area contributed by atoms with Crippen molar-refractivity contribution >= 4 is 11.9 Å². The highest BCUT2D eigenvalue weighted by Gasteiger charge is 2.34. The van der Waals surface area contributed by atoms with Gasteiger partial charge in [0.1, 0.15) is 6.04 Å². The Bertz CT molecular complexity index is 577. The van der Waals surface area contributed by atoms with Crippen molar-refractivity contribution in [1.29, 1.82) is 0 Å². The first-order valence-electron chi connectivity index (χ1n) is 8.13. The van der Waals surface area contributed by atoms with Crippen LogP contribution in [-0.2, 0) is 25.6 Å². The highest BCUT2D eigenvalue weighted by atomic mass is 16.5. The third-order valence-electron chi connectivity index (χ3n) is 4.10. The van der Waals surface area contributed by atoms with Gasteiger partial charge in [0.2, 0.25) is 5.91 Å². The summed E-state index contributed by atoms with van der Waals surface area (Å²) in [5.41, 5.74) is 1.37. The van der Waals surface area contributed by atoms with Crippen molar-refractivity contribution in [2.75, 3.05) is 14.2 Å². The number of amides is 1. The Labute approximate surface area is 144 Å². The van der Waals surface area contributed by atoms with Gasteiger partial charge in [0.15, 0.2) is 0 Å². The van der Waals surface area contributed by atoms with E-state index in [0.29, 0.717) is 6.54 Å². The smallest absolute Gasteiger partial charge is 0.328 e. The van der Waals surface area contributed by atoms with E-state index in [0.717, 1.165) is 11.1 Å². The largest absolute Gasteiger partial charge is 0.467 e. The molecule has 1 aromatic rings. The van der Waals surface area contributed by atoms with Gasteiger partial charge in [-0.3, -0.25) is 4.79 Å². The van der Waals surface area contributed by atoms with Gasteiger partial charge in [-0.05, 0) is 25.0 Å². The van der Waals surface area contributed by atoms with Gasteiger partial charge in [-0.25, -0.2) is 4.79 Å². The summed E-state index contributed by atoms with van der Waals surface area (Å²) in [7, 11) is 2.98. The van der Waals surface area contributed by atoms with Gasteiger partial charge in [0.25, 0.3) is 0 Å². The predicted octanol–water partition coefficient (Wildman–Crippen LogP) is 3.33. The molecule has 24 heavy (non-hydrogen) atoms. The van der Waals surface area contributed by atoms with Crippen molar-refractivity contribution in [2.24, 2.45) is 5.41 Å². The summed E-state index contributed by atoms with van der Waals surface area (Å²) < 4.78 is 10.3. The van der Waals surface area contributed by atoms with E-state index in [-0.39, 0.29) is 12.0 Å². The van der Waals surface area contributed by atoms with Gasteiger partial charge in [0.05, 0.1) is 13.2 Å². The molecule has 0 N–H and O–H groups in total. The Kier molecular flexibility index (Phi) is 6.96. The molecular weight excluding hydrogens is 306 g/mol. The minimum Gasteiger partial charge on any atom is -0.467 e. The molecule has 0 aromatic heterocycles. The average molecular weight is 335 g/mol. The molecule has 0 aliphatic heterocycles. The molecule has 0 aliphatic rings. The number of rotatable bonds is 6. The van der Waals surface area contributed by atoms with Crippen molar-refractivity contribution in [1.82, 2.24) is 4.90 Å². The lowest BCUT2D eigenvalue weighted by molar-refractivity contribution is -0.156. The number of hydrogen-bond donors (Lipinski definition) is 0. The maximum atomic E-state index is 12.9. The maximum Gasteiger partial charge on any atom is 0.328 e. The van der Waals surface area contributed by atoms with Crippen LogP contribution >= 0.6 is 0 Å². The average Bonchev–Trinajstić information content (AvgIpc) is 2.56. The quantitative estimate of drug-likeness (QED) is 0.748. The van der Waals surface area contributed by atoms with Crippen LogP contribution in [0.25, 0.3) is 0 Å². The molecule has 2 atom stereocenters. The maximum absolute atomic E-state index is 12.9. The van der Waals surface area contributed by atoms with E-state index in [9.17, 15) is 9.59 Å². The summed E-state index contributed by atoms with van der Waals surface area (Å²) in [6.45, 7) is 9.51. The fraction of sp³-hybridized carbons (Fsp3) is 0.579. The molecule has 1 rings (SSSR count). The third kappa shape index (κ3) is 4.81. The Morgan fingerprint density at radius 2 is 1.71 bits per heavy atom. The number of nitrogens with zero attached hydrogens (tertiary/aromatic N) is 1. The summed E-state index contributed by atoms with van der Waals surface area (Å²) >= 11 is 0. The second kappa shape index (κ2) is 8.29. The van der Waals surface area contributed by atoms with Gasteiger partial charge in [0, 0.05) is 19.1 Å². The van der Waals surface area contributed by atoms with Crippen molar-refractivity contribution in [3.8, 4) is 0 Å². The molecule has 1 unspecified atom stereocenters. The highest BCUT2D eigenvalue weighted by molar-refractivity contribution is 5.87. The fourth-order valence-corrected chi connectivity index (χ4v) is 2.50. The van der Waals surface area contributed by atoms with E-state index in [2.05, 4.69) is 0 Å². The van der Waals surface area contributed by atoms with Crippen LogP contribution < -0.4 is 0 Å². The number of carbonyl (C=O) groups is 2. The van der Waals surface area contributed by atoms with Crippen molar-refractivity contribution in [3.63, 3.8) is 0 Å². The van der Waals surface area contributed by atoms with Crippen molar-refractivity contribution in [2.45, 2.75) is 53.3 Å². The van der Waals surface area contributed by atoms with Crippen LogP contribution in [0.4, 0.5) is 0 Å². The zero-order chi connectivity index (χ0) is 18.5. The second-order valence-electron chi connectivity index (χ2n) is 6.96. The van der Waals surface area contributed by atoms with Gasteiger partial charge < -0.3 is 14.4 Å². The SMILES string of the molecule is COC(=O)[C@@H](C)N(Cc1ccccc1C(C)OC)C(=O)C(C)(C)C. The van der Waals surface area contributed by atoms with Crippen LogP contribution in [-0.4, -0.2) is 37.0 Å². The molecule has 0 aliphatic carbocycles. The molecule has 0 saturated carbocycles. The van der Waals surface area contributed by atoms with E-state index in [1.165, 1.54) is 7.11 Å². The number of carbonyl (C=O) groups excluding carboxylic acids is 2. The van der Waals surface area contributed by atoms with E-state index in [1.54, 1.807) is 18.9 Å². The number of benzene rings is 1. The molecule has 0 radical (unpaired) electrons. The molecule has 5 heteroatoms. The Hall–Kier alpha value is -1.88. The first kappa shape index (κ1) is 20.2. The van der Waals surface area contributed by atoms with E-state index in [4.69, 9.17) is 9.47 Å². The van der Waals surface area contributed by atoms with Crippen molar-refractivity contribution in [3.05, 3.63) is 35.4 Å². The highest BCUT2D eigenvalue weighted by Crippen LogP contribution is 2.26. The lowest BCUT2D eigenvalue weighted by Gasteiger charge is -2.33. The molecule has 0 heterocycles. The van der Waals surface area contributed by atoms with Gasteiger partial charge in [-0.15, -0.1) is 0 Å². The lowest BCUT2D eigenvalue weighted by Crippen LogP contribution is -2.48. The number of ether oxygens (including phenoxy) is 2. The molecule has 1 amide bonds. The standard InChI is InChI=1S/C19H29NO4/c1-13(17(21)24-7)20(18(22)19(3,4)5)12-15-10-8-9-11-16(15)14(2)23-6/h8-11,13-14H,12H2,1-7H3/t13-,14?/m1/s1. The van der Waals surface area contributed by atoms with Crippen LogP contribution in [0, 0.1) is 5.41 Å². The normalized spacial score (nSPS) is 14.0. The third-order valence-corrected chi connectivity index (χ3v) is 4.10. The monoisotopic (exact) mass is 335 g/mol. The molecule has 0 saturated heterocycles. The minimum atomic E-state index is -0.660. The summed E-state index contributed by atoms with van der Waals surface area (Å²) in [6.07, 6.45) is -0.0961. The Balaban J connectivity index is 3.23. The zero-order valence-electron chi connectivity index (χ0n) is 15.8. The number of methoxy groups -OCH3 is 2. The first-order valence-corrected chi connectivity index (χ1v) is 8.13. The lowest BCUT2D eigenvalue weighted by atomic mass is 9.93. The fourth-order valence-electron chi connectivity index (χ4n) is 2.50. The molecule has 134 valence electrons. The summed E-state index contributed by atoms with van der Waals surface area (Å²) in [4.78, 5) is 26.5. The Morgan fingerprint density at radius 1 is 1.12 bits per heavy atom. The van der Waals surface area contributed by atoms with Gasteiger partial charge >= 0.3 is 5.97 Å². The second-order valence-corrected chi connectivity index (χ2v) is 6.96. The molecule has 0 fully saturated rings. The van der Waals surface area contributed by atoms with E-state index in [1.807, 2.05) is 52.0 Å². The van der Waals surface area contributed by atoms with Crippen molar-refractivity contribution < 1.29 is 19.1 Å².